The normalized spacial score (nSPS) is 11.6. The highest BCUT2D eigenvalue weighted by Gasteiger charge is 2.17. The molecule has 2 N–H and O–H groups in total. The number of nitrogens with one attached hydrogen (secondary N) is 1. The van der Waals surface area contributed by atoms with E-state index in [0.29, 0.717) is 34.5 Å². The summed E-state index contributed by atoms with van der Waals surface area (Å²) >= 11 is 7.36. The van der Waals surface area contributed by atoms with Gasteiger partial charge >= 0.3 is 5.97 Å². The Hall–Kier alpha value is -4.21. The molecule has 2 aromatic heterocycles. The van der Waals surface area contributed by atoms with Crippen molar-refractivity contribution in [1.82, 2.24) is 19.7 Å². The van der Waals surface area contributed by atoms with Crippen molar-refractivity contribution in [1.29, 1.82) is 0 Å². The van der Waals surface area contributed by atoms with Crippen molar-refractivity contribution in [2.24, 2.45) is 0 Å². The minimum Gasteiger partial charge on any atom is -0.497 e. The molecule has 0 fully saturated rings. The molecule has 5 rings (SSSR count). The van der Waals surface area contributed by atoms with Crippen LogP contribution in [0.5, 0.6) is 11.5 Å². The molecule has 0 saturated heterocycles. The molecule has 0 aliphatic heterocycles. The van der Waals surface area contributed by atoms with Gasteiger partial charge in [-0.15, -0.1) is 5.10 Å². The molecule has 0 bridgehead atoms. The summed E-state index contributed by atoms with van der Waals surface area (Å²) in [5, 5.41) is 19.0. The van der Waals surface area contributed by atoms with E-state index in [1.54, 1.807) is 38.5 Å². The van der Waals surface area contributed by atoms with E-state index >= 15 is 0 Å². The number of methoxy groups -OCH3 is 2. The minimum atomic E-state index is -1.08. The van der Waals surface area contributed by atoms with Crippen LogP contribution in [-0.2, 0) is 11.3 Å². The number of rotatable bonds is 9. The van der Waals surface area contributed by atoms with Gasteiger partial charge < -0.3 is 19.1 Å². The van der Waals surface area contributed by atoms with Gasteiger partial charge in [0.1, 0.15) is 16.4 Å². The number of thioether (sulfide) groups is 1. The first-order chi connectivity index (χ1) is 18.4. The number of carboxylic acid groups (broad SMARTS) is 1. The van der Waals surface area contributed by atoms with Gasteiger partial charge in [-0.3, -0.25) is 5.10 Å². The zero-order valence-electron chi connectivity index (χ0n) is 20.5. The first-order valence-corrected chi connectivity index (χ1v) is 12.7. The van der Waals surface area contributed by atoms with E-state index in [4.69, 9.17) is 21.1 Å². The third kappa shape index (κ3) is 5.39. The molecule has 0 spiro atoms. The molecule has 5 aromatic rings. The number of aromatic amines is 1. The van der Waals surface area contributed by atoms with Crippen LogP contribution in [0.25, 0.3) is 28.4 Å². The monoisotopic (exact) mass is 546 g/mol. The summed E-state index contributed by atoms with van der Waals surface area (Å²) in [5.74, 6) is 0.589. The largest absolute Gasteiger partial charge is 0.497 e. The van der Waals surface area contributed by atoms with Gasteiger partial charge in [-0.25, -0.2) is 9.78 Å². The van der Waals surface area contributed by atoms with Crippen LogP contribution >= 0.6 is 23.4 Å². The molecule has 0 radical (unpaired) electrons. The van der Waals surface area contributed by atoms with Gasteiger partial charge in [-0.2, -0.15) is 0 Å². The molecular formula is C28H23ClN4O4S. The number of hydrogen-bond acceptors (Lipinski definition) is 6. The topological polar surface area (TPSA) is 102 Å². The molecule has 192 valence electrons. The minimum absolute atomic E-state index is 0.0828. The van der Waals surface area contributed by atoms with E-state index in [0.717, 1.165) is 33.8 Å². The summed E-state index contributed by atoms with van der Waals surface area (Å²) in [7, 11) is 3.13. The summed E-state index contributed by atoms with van der Waals surface area (Å²) in [4.78, 5) is 16.8. The Morgan fingerprint density at radius 2 is 1.79 bits per heavy atom. The van der Waals surface area contributed by atoms with Crippen LogP contribution < -0.4 is 9.47 Å². The highest BCUT2D eigenvalue weighted by molar-refractivity contribution is 8.04. The zero-order valence-corrected chi connectivity index (χ0v) is 22.1. The molecule has 0 unspecified atom stereocenters. The van der Waals surface area contributed by atoms with Crippen LogP contribution in [0.15, 0.2) is 83.0 Å². The van der Waals surface area contributed by atoms with Gasteiger partial charge in [-0.1, -0.05) is 48.0 Å². The van der Waals surface area contributed by atoms with Gasteiger partial charge in [0.05, 0.1) is 14.2 Å². The fourth-order valence-electron chi connectivity index (χ4n) is 4.07. The van der Waals surface area contributed by atoms with Crippen LogP contribution in [-0.4, -0.2) is 45.0 Å². The third-order valence-corrected chi connectivity index (χ3v) is 7.15. The number of ether oxygens (including phenoxy) is 2. The number of nitrogens with zero attached hydrogens (tertiary/aromatic N) is 3. The fraction of sp³-hybridized carbons (Fsp3) is 0.107. The fourth-order valence-corrected chi connectivity index (χ4v) is 4.96. The number of para-hydroxylation sites is 1. The molecule has 10 heteroatoms. The first-order valence-electron chi connectivity index (χ1n) is 11.5. The quantitative estimate of drug-likeness (QED) is 0.164. The van der Waals surface area contributed by atoms with Crippen molar-refractivity contribution in [3.63, 3.8) is 0 Å². The molecule has 0 amide bonds. The predicted octanol–water partition coefficient (Wildman–Crippen LogP) is 6.36. The van der Waals surface area contributed by atoms with Crippen molar-refractivity contribution < 1.29 is 19.4 Å². The molecule has 8 nitrogen and oxygen atoms in total. The van der Waals surface area contributed by atoms with Crippen LogP contribution in [0, 0.1) is 0 Å². The van der Waals surface area contributed by atoms with Crippen LogP contribution in [0.3, 0.4) is 0 Å². The van der Waals surface area contributed by atoms with Crippen molar-refractivity contribution >= 4 is 46.3 Å². The van der Waals surface area contributed by atoms with Crippen molar-refractivity contribution in [2.45, 2.75) is 11.7 Å². The predicted molar refractivity (Wildman–Crippen MR) is 149 cm³/mol. The van der Waals surface area contributed by atoms with Crippen molar-refractivity contribution in [3.8, 4) is 22.9 Å². The van der Waals surface area contributed by atoms with Crippen molar-refractivity contribution in [3.05, 3.63) is 94.0 Å². The highest BCUT2D eigenvalue weighted by atomic mass is 35.5. The number of H-pyrrole nitrogens is 1. The first kappa shape index (κ1) is 25.4. The Morgan fingerprint density at radius 3 is 2.50 bits per heavy atom. The second-order valence-electron chi connectivity index (χ2n) is 8.30. The summed E-state index contributed by atoms with van der Waals surface area (Å²) in [6.45, 7) is 0.553. The number of aromatic nitrogens is 4. The average molecular weight is 547 g/mol. The van der Waals surface area contributed by atoms with Gasteiger partial charge in [0, 0.05) is 45.9 Å². The van der Waals surface area contributed by atoms with E-state index in [9.17, 15) is 9.90 Å². The Bertz CT molecular complexity index is 1640. The lowest BCUT2D eigenvalue weighted by atomic mass is 10.1. The summed E-state index contributed by atoms with van der Waals surface area (Å²) in [5.41, 5.74) is 3.41. The molecule has 2 heterocycles. The molecule has 0 atom stereocenters. The maximum Gasteiger partial charge on any atom is 0.342 e. The number of carbonyl (C=O) groups is 1. The van der Waals surface area contributed by atoms with E-state index < -0.39 is 5.97 Å². The molecular weight excluding hydrogens is 524 g/mol. The van der Waals surface area contributed by atoms with Crippen LogP contribution in [0.1, 0.15) is 11.1 Å². The number of hydrogen-bond donors (Lipinski definition) is 2. The number of fused-ring (bicyclic) bond motifs is 1. The number of aliphatic carboxylic acids is 1. The summed E-state index contributed by atoms with van der Waals surface area (Å²) in [6.07, 6.45) is 3.58. The van der Waals surface area contributed by atoms with E-state index in [-0.39, 0.29) is 10.1 Å². The molecule has 0 aliphatic carbocycles. The molecule has 0 aliphatic rings. The second-order valence-corrected chi connectivity index (χ2v) is 9.72. The average Bonchev–Trinajstić information content (AvgIpc) is 3.54. The molecule has 3 aromatic carbocycles. The van der Waals surface area contributed by atoms with E-state index in [1.165, 1.54) is 0 Å². The van der Waals surface area contributed by atoms with Gasteiger partial charge in [0.15, 0.2) is 5.82 Å². The second kappa shape index (κ2) is 11.0. The summed E-state index contributed by atoms with van der Waals surface area (Å²) in [6, 6.07) is 20.9. The lowest BCUT2D eigenvalue weighted by molar-refractivity contribution is -0.131. The number of halogens is 1. The Kier molecular flexibility index (Phi) is 7.39. The third-order valence-electron chi connectivity index (χ3n) is 5.91. The van der Waals surface area contributed by atoms with Gasteiger partial charge in [-0.05, 0) is 47.7 Å². The highest BCUT2D eigenvalue weighted by Crippen LogP contribution is 2.33. The SMILES string of the molecule is COc1cc(OC)cc(-c2nc(S/C(=C\c3cn(Cc4ccccc4Cl)c4ccccc34)C(=O)O)n[nH]2)c1. The smallest absolute Gasteiger partial charge is 0.342 e. The Labute approximate surface area is 227 Å². The maximum absolute atomic E-state index is 12.2. The van der Waals surface area contributed by atoms with Crippen molar-refractivity contribution in [2.75, 3.05) is 14.2 Å². The van der Waals surface area contributed by atoms with E-state index in [1.807, 2.05) is 54.7 Å². The van der Waals surface area contributed by atoms with Crippen LogP contribution in [0.2, 0.25) is 5.02 Å². The lowest BCUT2D eigenvalue weighted by Crippen LogP contribution is -1.98. The van der Waals surface area contributed by atoms with Gasteiger partial charge in [0.2, 0.25) is 5.16 Å². The van der Waals surface area contributed by atoms with Gasteiger partial charge in [0.25, 0.3) is 0 Å². The lowest BCUT2D eigenvalue weighted by Gasteiger charge is -2.07. The Balaban J connectivity index is 1.47. The standard InChI is InChI=1S/C28H23ClN4O4S/c1-36-20-11-18(12-21(14-20)37-2)26-30-28(32-31-26)38-25(27(34)35)13-19-16-33(24-10-6-4-8-22(19)24)15-17-7-3-5-9-23(17)29/h3-14,16H,15H2,1-2H3,(H,34,35)(H,30,31,32)/b25-13-. The molecule has 0 saturated carbocycles. The zero-order chi connectivity index (χ0) is 26.6. The maximum atomic E-state index is 12.2. The Morgan fingerprint density at radius 1 is 1.08 bits per heavy atom. The van der Waals surface area contributed by atoms with E-state index in [2.05, 4.69) is 19.7 Å². The number of benzene rings is 3. The molecule has 38 heavy (non-hydrogen) atoms. The van der Waals surface area contributed by atoms with Crippen LogP contribution in [0.4, 0.5) is 0 Å². The number of carboxylic acids is 1. The summed E-state index contributed by atoms with van der Waals surface area (Å²) < 4.78 is 12.7.